The van der Waals surface area contributed by atoms with E-state index in [9.17, 15) is 14.7 Å². The molecule has 0 spiro atoms. The van der Waals surface area contributed by atoms with Gasteiger partial charge >= 0.3 is 6.09 Å². The van der Waals surface area contributed by atoms with E-state index in [1.807, 2.05) is 6.07 Å². The lowest BCUT2D eigenvalue weighted by molar-refractivity contribution is -0.112. The van der Waals surface area contributed by atoms with Crippen molar-refractivity contribution in [3.8, 4) is 0 Å². The molecule has 1 aliphatic heterocycles. The van der Waals surface area contributed by atoms with Crippen molar-refractivity contribution in [1.82, 2.24) is 4.90 Å². The summed E-state index contributed by atoms with van der Waals surface area (Å²) in [7, 11) is 0. The first kappa shape index (κ1) is 16.6. The molecule has 124 valence electrons. The van der Waals surface area contributed by atoms with E-state index < -0.39 is 16.9 Å². The Bertz CT molecular complexity index is 700. The van der Waals surface area contributed by atoms with Crippen LogP contribution in [0.1, 0.15) is 26.3 Å². The summed E-state index contributed by atoms with van der Waals surface area (Å²) in [6.07, 6.45) is 0.0524. The van der Waals surface area contributed by atoms with Gasteiger partial charge in [-0.1, -0.05) is 50.0 Å². The van der Waals surface area contributed by atoms with E-state index in [0.717, 1.165) is 11.8 Å². The maximum absolute atomic E-state index is 12.2. The molecule has 1 aliphatic carbocycles. The Balaban J connectivity index is 2.12. The van der Waals surface area contributed by atoms with E-state index >= 15 is 0 Å². The monoisotopic (exact) mass is 355 g/mol. The summed E-state index contributed by atoms with van der Waals surface area (Å²) >= 11 is 12.1. The molecule has 4 nitrogen and oxygen atoms in total. The zero-order chi connectivity index (χ0) is 17.2. The normalized spacial score (nSPS) is 32.6. The molecular formula is C17H19Cl2NO3. The van der Waals surface area contributed by atoms with Crippen LogP contribution in [-0.4, -0.2) is 35.5 Å². The van der Waals surface area contributed by atoms with E-state index in [0.29, 0.717) is 23.1 Å². The number of carbonyl (C=O) groups excluding carboxylic acids is 1. The van der Waals surface area contributed by atoms with Gasteiger partial charge in [-0.25, -0.2) is 4.79 Å². The van der Waals surface area contributed by atoms with Crippen molar-refractivity contribution in [1.29, 1.82) is 0 Å². The van der Waals surface area contributed by atoms with Crippen molar-refractivity contribution in [3.05, 3.63) is 33.8 Å². The molecule has 1 saturated heterocycles. The lowest BCUT2D eigenvalue weighted by atomic mass is 9.70. The summed E-state index contributed by atoms with van der Waals surface area (Å²) in [5.74, 6) is -0.0409. The van der Waals surface area contributed by atoms with Gasteiger partial charge in [-0.05, 0) is 23.1 Å². The SMILES string of the molecule is CC(C)(C)C12CN(C(=O)O)CC1C2(C=O)c1ccc(Cl)c(Cl)c1. The summed E-state index contributed by atoms with van der Waals surface area (Å²) in [5, 5.41) is 10.2. The maximum atomic E-state index is 12.2. The summed E-state index contributed by atoms with van der Waals surface area (Å²) < 4.78 is 0. The average Bonchev–Trinajstić information content (AvgIpc) is 2.82. The third-order valence-corrected chi connectivity index (χ3v) is 6.57. The van der Waals surface area contributed by atoms with Crippen LogP contribution >= 0.6 is 23.2 Å². The Morgan fingerprint density at radius 1 is 1.35 bits per heavy atom. The summed E-state index contributed by atoms with van der Waals surface area (Å²) in [6, 6.07) is 5.28. The number of benzene rings is 1. The number of rotatable bonds is 2. The molecule has 2 aliphatic rings. The van der Waals surface area contributed by atoms with Crippen molar-refractivity contribution in [3.63, 3.8) is 0 Å². The van der Waals surface area contributed by atoms with Crippen LogP contribution < -0.4 is 0 Å². The number of halogens is 2. The van der Waals surface area contributed by atoms with Gasteiger partial charge in [0.25, 0.3) is 0 Å². The van der Waals surface area contributed by atoms with Gasteiger partial charge in [0.05, 0.1) is 15.5 Å². The third kappa shape index (κ3) is 1.91. The fourth-order valence-electron chi connectivity index (χ4n) is 4.77. The Hall–Kier alpha value is -1.26. The Labute approximate surface area is 145 Å². The number of fused-ring (bicyclic) bond motifs is 1. The fourth-order valence-corrected chi connectivity index (χ4v) is 5.06. The molecule has 2 fully saturated rings. The number of piperidine rings is 1. The Kier molecular flexibility index (Phi) is 3.51. The maximum Gasteiger partial charge on any atom is 0.407 e. The van der Waals surface area contributed by atoms with Crippen LogP contribution in [0.5, 0.6) is 0 Å². The van der Waals surface area contributed by atoms with Gasteiger partial charge in [0.1, 0.15) is 6.29 Å². The third-order valence-electron chi connectivity index (χ3n) is 5.83. The minimum atomic E-state index is -0.935. The van der Waals surface area contributed by atoms with Gasteiger partial charge < -0.3 is 14.8 Å². The first-order chi connectivity index (χ1) is 10.6. The van der Waals surface area contributed by atoms with Gasteiger partial charge in [-0.2, -0.15) is 0 Å². The number of hydrogen-bond donors (Lipinski definition) is 1. The highest BCUT2D eigenvalue weighted by molar-refractivity contribution is 6.42. The van der Waals surface area contributed by atoms with E-state index in [1.54, 1.807) is 12.1 Å². The van der Waals surface area contributed by atoms with Crippen LogP contribution in [0, 0.1) is 16.7 Å². The summed E-state index contributed by atoms with van der Waals surface area (Å²) in [6.45, 7) is 6.91. The van der Waals surface area contributed by atoms with Crippen molar-refractivity contribution < 1.29 is 14.7 Å². The minimum absolute atomic E-state index is 0.0409. The minimum Gasteiger partial charge on any atom is -0.465 e. The second-order valence-corrected chi connectivity index (χ2v) is 8.37. The molecule has 0 radical (unpaired) electrons. The van der Waals surface area contributed by atoms with E-state index in [-0.39, 0.29) is 11.3 Å². The molecule has 1 saturated carbocycles. The van der Waals surface area contributed by atoms with Crippen LogP contribution in [0.25, 0.3) is 0 Å². The Morgan fingerprint density at radius 2 is 2.00 bits per heavy atom. The highest BCUT2D eigenvalue weighted by Crippen LogP contribution is 2.78. The standard InChI is InChI=1S/C17H19Cl2NO3/c1-15(2,3)17-8-20(14(22)23)7-13(17)16(17,9-21)10-4-5-11(18)12(19)6-10/h4-6,9,13H,7-8H2,1-3H3,(H,22,23). The number of carbonyl (C=O) groups is 2. The van der Waals surface area contributed by atoms with Gasteiger partial charge in [-0.3, -0.25) is 0 Å². The van der Waals surface area contributed by atoms with Crippen LogP contribution in [0.15, 0.2) is 18.2 Å². The molecule has 3 rings (SSSR count). The number of carboxylic acid groups (broad SMARTS) is 1. The molecule has 0 aromatic heterocycles. The van der Waals surface area contributed by atoms with Gasteiger partial charge in [-0.15, -0.1) is 0 Å². The molecule has 6 heteroatoms. The zero-order valence-electron chi connectivity index (χ0n) is 13.3. The number of amides is 1. The molecule has 1 N–H and O–H groups in total. The average molecular weight is 356 g/mol. The second-order valence-electron chi connectivity index (χ2n) is 7.55. The van der Waals surface area contributed by atoms with Crippen LogP contribution in [-0.2, 0) is 10.2 Å². The van der Waals surface area contributed by atoms with E-state index in [2.05, 4.69) is 20.8 Å². The molecule has 23 heavy (non-hydrogen) atoms. The molecule has 1 heterocycles. The fraction of sp³-hybridized carbons (Fsp3) is 0.529. The van der Waals surface area contributed by atoms with Gasteiger partial charge in [0.15, 0.2) is 0 Å². The predicted molar refractivity (Wildman–Crippen MR) is 89.2 cm³/mol. The van der Waals surface area contributed by atoms with E-state index in [1.165, 1.54) is 4.90 Å². The zero-order valence-corrected chi connectivity index (χ0v) is 14.8. The number of likely N-dealkylation sites (tertiary alicyclic amines) is 1. The van der Waals surface area contributed by atoms with Crippen LogP contribution in [0.4, 0.5) is 4.79 Å². The van der Waals surface area contributed by atoms with E-state index in [4.69, 9.17) is 23.2 Å². The highest BCUT2D eigenvalue weighted by atomic mass is 35.5. The first-order valence-electron chi connectivity index (χ1n) is 7.51. The van der Waals surface area contributed by atoms with Gasteiger partial charge in [0.2, 0.25) is 0 Å². The highest BCUT2D eigenvalue weighted by Gasteiger charge is 2.84. The topological polar surface area (TPSA) is 57.6 Å². The molecular weight excluding hydrogens is 337 g/mol. The first-order valence-corrected chi connectivity index (χ1v) is 8.27. The van der Waals surface area contributed by atoms with Crippen LogP contribution in [0.3, 0.4) is 0 Å². The van der Waals surface area contributed by atoms with Crippen molar-refractivity contribution in [2.24, 2.45) is 16.7 Å². The molecule has 3 atom stereocenters. The summed E-state index contributed by atoms with van der Waals surface area (Å²) in [4.78, 5) is 25.0. The van der Waals surface area contributed by atoms with Crippen molar-refractivity contribution in [2.45, 2.75) is 26.2 Å². The molecule has 1 aromatic rings. The second kappa shape index (κ2) is 4.87. The number of nitrogens with zero attached hydrogens (tertiary/aromatic N) is 1. The number of aldehydes is 1. The van der Waals surface area contributed by atoms with Crippen LogP contribution in [0.2, 0.25) is 10.0 Å². The van der Waals surface area contributed by atoms with Crippen molar-refractivity contribution in [2.75, 3.05) is 13.1 Å². The predicted octanol–water partition coefficient (Wildman–Crippen LogP) is 4.09. The molecule has 1 amide bonds. The van der Waals surface area contributed by atoms with Gasteiger partial charge in [0, 0.05) is 24.4 Å². The summed E-state index contributed by atoms with van der Waals surface area (Å²) in [5.41, 5.74) is -0.524. The molecule has 3 unspecified atom stereocenters. The molecule has 1 aromatic carbocycles. The number of hydrogen-bond acceptors (Lipinski definition) is 2. The largest absolute Gasteiger partial charge is 0.465 e. The Morgan fingerprint density at radius 3 is 2.43 bits per heavy atom. The quantitative estimate of drug-likeness (QED) is 0.812. The lowest BCUT2D eigenvalue weighted by Crippen LogP contribution is -2.42. The molecule has 0 bridgehead atoms. The van der Waals surface area contributed by atoms with Crippen molar-refractivity contribution >= 4 is 35.6 Å². The lowest BCUT2D eigenvalue weighted by Gasteiger charge is -2.36. The smallest absolute Gasteiger partial charge is 0.407 e.